The summed E-state index contributed by atoms with van der Waals surface area (Å²) in [5.74, 6) is -0.172. The van der Waals surface area contributed by atoms with Gasteiger partial charge in [-0.2, -0.15) is 0 Å². The molecule has 0 saturated heterocycles. The number of hydrogen-bond acceptors (Lipinski definition) is 2. The highest BCUT2D eigenvalue weighted by Gasteiger charge is 2.16. The summed E-state index contributed by atoms with van der Waals surface area (Å²) in [6, 6.07) is 12.8. The average molecular weight is 289 g/mol. The molecule has 20 heavy (non-hydrogen) atoms. The van der Waals surface area contributed by atoms with Crippen LogP contribution in [0.25, 0.3) is 0 Å². The first-order valence-corrected chi connectivity index (χ1v) is 6.82. The highest BCUT2D eigenvalue weighted by molar-refractivity contribution is 6.31. The molecule has 0 aliphatic rings. The van der Waals surface area contributed by atoms with E-state index in [9.17, 15) is 4.79 Å². The van der Waals surface area contributed by atoms with Crippen LogP contribution in [0.2, 0.25) is 5.02 Å². The van der Waals surface area contributed by atoms with Gasteiger partial charge in [0.25, 0.3) is 5.91 Å². The van der Waals surface area contributed by atoms with Crippen LogP contribution in [-0.4, -0.2) is 13.0 Å². The second-order valence-corrected chi connectivity index (χ2v) is 5.05. The van der Waals surface area contributed by atoms with Gasteiger partial charge >= 0.3 is 0 Å². The van der Waals surface area contributed by atoms with Crippen LogP contribution in [0.15, 0.2) is 42.5 Å². The number of nitrogens with two attached hydrogens (primary N) is 1. The number of hydrogen-bond donors (Lipinski definition) is 1. The molecule has 2 aromatic rings. The van der Waals surface area contributed by atoms with E-state index < -0.39 is 0 Å². The van der Waals surface area contributed by atoms with Gasteiger partial charge in [0, 0.05) is 23.4 Å². The predicted molar refractivity (Wildman–Crippen MR) is 84.4 cm³/mol. The summed E-state index contributed by atoms with van der Waals surface area (Å²) < 4.78 is 0. The van der Waals surface area contributed by atoms with Gasteiger partial charge in [0.15, 0.2) is 0 Å². The van der Waals surface area contributed by atoms with Crippen LogP contribution in [0.3, 0.4) is 0 Å². The lowest BCUT2D eigenvalue weighted by Crippen LogP contribution is -2.27. The fourth-order valence-electron chi connectivity index (χ4n) is 1.97. The van der Waals surface area contributed by atoms with Crippen molar-refractivity contribution in [2.24, 2.45) is 0 Å². The summed E-state index contributed by atoms with van der Waals surface area (Å²) in [7, 11) is 1.73. The summed E-state index contributed by atoms with van der Waals surface area (Å²) in [5.41, 5.74) is 8.75. The fraction of sp³-hybridized carbons (Fsp3) is 0.188. The van der Waals surface area contributed by atoms with Gasteiger partial charge in [0.05, 0.1) is 5.56 Å². The van der Waals surface area contributed by atoms with E-state index in [0.717, 1.165) is 12.1 Å². The minimum Gasteiger partial charge on any atom is -0.398 e. The molecule has 2 N–H and O–H groups in total. The minimum absolute atomic E-state index is 0.172. The van der Waals surface area contributed by atoms with Crippen molar-refractivity contribution in [3.8, 4) is 0 Å². The third-order valence-corrected chi connectivity index (χ3v) is 3.52. The first-order chi connectivity index (χ1) is 9.52. The molecule has 0 fully saturated rings. The first-order valence-electron chi connectivity index (χ1n) is 6.45. The molecule has 3 nitrogen and oxygen atoms in total. The molecular formula is C16H17ClN2O. The van der Waals surface area contributed by atoms with Gasteiger partial charge in [-0.25, -0.2) is 0 Å². The SMILES string of the molecule is CCc1ccc(N(C)C(=O)c2cc(Cl)ccc2N)cc1. The maximum absolute atomic E-state index is 12.5. The van der Waals surface area contributed by atoms with Crippen LogP contribution >= 0.6 is 11.6 Å². The first kappa shape index (κ1) is 14.4. The zero-order valence-electron chi connectivity index (χ0n) is 11.6. The summed E-state index contributed by atoms with van der Waals surface area (Å²) in [5, 5.41) is 0.497. The van der Waals surface area contributed by atoms with E-state index in [1.165, 1.54) is 5.56 Å². The molecule has 0 unspecified atom stereocenters. The Balaban J connectivity index is 2.29. The number of nitrogen functional groups attached to an aromatic ring is 1. The van der Waals surface area contributed by atoms with Crippen LogP contribution < -0.4 is 10.6 Å². The normalized spacial score (nSPS) is 10.3. The van der Waals surface area contributed by atoms with Crippen molar-refractivity contribution in [2.45, 2.75) is 13.3 Å². The van der Waals surface area contributed by atoms with Crippen LogP contribution in [0.5, 0.6) is 0 Å². The number of anilines is 2. The van der Waals surface area contributed by atoms with Crippen LogP contribution in [0.1, 0.15) is 22.8 Å². The molecule has 0 aliphatic carbocycles. The molecule has 0 atom stereocenters. The molecule has 0 spiro atoms. The Kier molecular flexibility index (Phi) is 4.30. The van der Waals surface area contributed by atoms with E-state index >= 15 is 0 Å². The van der Waals surface area contributed by atoms with Crippen molar-refractivity contribution in [2.75, 3.05) is 17.7 Å². The molecule has 0 aliphatic heterocycles. The fourth-order valence-corrected chi connectivity index (χ4v) is 2.14. The van der Waals surface area contributed by atoms with Gasteiger partial charge in [0.1, 0.15) is 0 Å². The molecule has 0 radical (unpaired) electrons. The van der Waals surface area contributed by atoms with Crippen molar-refractivity contribution >= 4 is 28.9 Å². The van der Waals surface area contributed by atoms with Crippen molar-refractivity contribution in [1.82, 2.24) is 0 Å². The molecular weight excluding hydrogens is 272 g/mol. The molecule has 0 heterocycles. The minimum atomic E-state index is -0.172. The second kappa shape index (κ2) is 5.97. The Bertz CT molecular complexity index is 623. The van der Waals surface area contributed by atoms with Crippen LogP contribution in [0.4, 0.5) is 11.4 Å². The monoisotopic (exact) mass is 288 g/mol. The summed E-state index contributed by atoms with van der Waals surface area (Å²) in [4.78, 5) is 14.0. The number of rotatable bonds is 3. The lowest BCUT2D eigenvalue weighted by molar-refractivity contribution is 0.0994. The Morgan fingerprint density at radius 3 is 2.45 bits per heavy atom. The average Bonchev–Trinajstić information content (AvgIpc) is 2.48. The number of aryl methyl sites for hydroxylation is 1. The number of nitrogens with zero attached hydrogens (tertiary/aromatic N) is 1. The van der Waals surface area contributed by atoms with Crippen molar-refractivity contribution in [3.05, 3.63) is 58.6 Å². The molecule has 0 aromatic heterocycles. The maximum Gasteiger partial charge on any atom is 0.260 e. The smallest absolute Gasteiger partial charge is 0.260 e. The Morgan fingerprint density at radius 1 is 1.20 bits per heavy atom. The van der Waals surface area contributed by atoms with Gasteiger partial charge in [-0.3, -0.25) is 4.79 Å². The van der Waals surface area contributed by atoms with Crippen LogP contribution in [0, 0.1) is 0 Å². The third kappa shape index (κ3) is 2.94. The molecule has 104 valence electrons. The van der Waals surface area contributed by atoms with E-state index in [4.69, 9.17) is 17.3 Å². The standard InChI is InChI=1S/C16H17ClN2O/c1-3-11-4-7-13(8-5-11)19(2)16(20)14-10-12(17)6-9-15(14)18/h4-10H,3,18H2,1-2H3. The molecule has 2 aromatic carbocycles. The van der Waals surface area contributed by atoms with Crippen LogP contribution in [-0.2, 0) is 6.42 Å². The number of amides is 1. The van der Waals surface area contributed by atoms with Crippen molar-refractivity contribution in [3.63, 3.8) is 0 Å². The quantitative estimate of drug-likeness (QED) is 0.874. The van der Waals surface area contributed by atoms with E-state index in [1.807, 2.05) is 24.3 Å². The molecule has 1 amide bonds. The van der Waals surface area contributed by atoms with Gasteiger partial charge in [-0.15, -0.1) is 0 Å². The number of carbonyl (C=O) groups excluding carboxylic acids is 1. The van der Waals surface area contributed by atoms with Gasteiger partial charge in [-0.1, -0.05) is 30.7 Å². The highest BCUT2D eigenvalue weighted by atomic mass is 35.5. The zero-order chi connectivity index (χ0) is 14.7. The Morgan fingerprint density at radius 2 is 1.85 bits per heavy atom. The molecule has 2 rings (SSSR count). The second-order valence-electron chi connectivity index (χ2n) is 4.62. The number of carbonyl (C=O) groups is 1. The van der Waals surface area contributed by atoms with Gasteiger partial charge < -0.3 is 10.6 Å². The number of halogens is 1. The lowest BCUT2D eigenvalue weighted by Gasteiger charge is -2.19. The summed E-state index contributed by atoms with van der Waals surface area (Å²) in [6.45, 7) is 2.09. The summed E-state index contributed by atoms with van der Waals surface area (Å²) in [6.07, 6.45) is 0.971. The van der Waals surface area contributed by atoms with Gasteiger partial charge in [-0.05, 0) is 42.3 Å². The van der Waals surface area contributed by atoms with E-state index in [2.05, 4.69) is 6.92 Å². The highest BCUT2D eigenvalue weighted by Crippen LogP contribution is 2.22. The topological polar surface area (TPSA) is 46.3 Å². The lowest BCUT2D eigenvalue weighted by atomic mass is 10.1. The Labute approximate surface area is 124 Å². The predicted octanol–water partition coefficient (Wildman–Crippen LogP) is 3.76. The van der Waals surface area contributed by atoms with E-state index in [0.29, 0.717) is 16.3 Å². The molecule has 0 bridgehead atoms. The van der Waals surface area contributed by atoms with E-state index in [-0.39, 0.29) is 5.91 Å². The van der Waals surface area contributed by atoms with Gasteiger partial charge in [0.2, 0.25) is 0 Å². The summed E-state index contributed by atoms with van der Waals surface area (Å²) >= 11 is 5.92. The van der Waals surface area contributed by atoms with Crippen molar-refractivity contribution in [1.29, 1.82) is 0 Å². The number of benzene rings is 2. The molecule has 0 saturated carbocycles. The maximum atomic E-state index is 12.5. The molecule has 4 heteroatoms. The van der Waals surface area contributed by atoms with Crippen molar-refractivity contribution < 1.29 is 4.79 Å². The third-order valence-electron chi connectivity index (χ3n) is 3.28. The largest absolute Gasteiger partial charge is 0.398 e. The Hall–Kier alpha value is -2.00. The zero-order valence-corrected chi connectivity index (χ0v) is 12.3. The van der Waals surface area contributed by atoms with E-state index in [1.54, 1.807) is 30.1 Å².